The first-order valence-corrected chi connectivity index (χ1v) is 12.7. The van der Waals surface area contributed by atoms with E-state index in [2.05, 4.69) is 43.1 Å². The average Bonchev–Trinajstić information content (AvgIpc) is 3.33. The predicted molar refractivity (Wildman–Crippen MR) is 147 cm³/mol. The van der Waals surface area contributed by atoms with Crippen molar-refractivity contribution < 1.29 is 14.3 Å². The zero-order valence-corrected chi connectivity index (χ0v) is 21.9. The second-order valence-electron chi connectivity index (χ2n) is 9.43. The Kier molecular flexibility index (Phi) is 8.56. The summed E-state index contributed by atoms with van der Waals surface area (Å²) < 4.78 is 13.3. The molecule has 37 heavy (non-hydrogen) atoms. The normalized spacial score (nSPS) is 10.9. The molecule has 1 heterocycles. The van der Waals surface area contributed by atoms with Crippen LogP contribution in [-0.2, 0) is 0 Å². The van der Waals surface area contributed by atoms with Gasteiger partial charge in [-0.25, -0.2) is 4.68 Å². The molecule has 7 heteroatoms. The lowest BCUT2D eigenvalue weighted by molar-refractivity contribution is 0.102. The first-order chi connectivity index (χ1) is 17.9. The first-order valence-electron chi connectivity index (χ1n) is 12.7. The second kappa shape index (κ2) is 12.2. The highest BCUT2D eigenvalue weighted by atomic mass is 16.5. The molecule has 192 valence electrons. The molecule has 0 atom stereocenters. The zero-order chi connectivity index (χ0) is 26.2. The molecule has 7 nitrogen and oxygen atoms in total. The maximum absolute atomic E-state index is 12.7. The van der Waals surface area contributed by atoms with Crippen molar-refractivity contribution in [3.63, 3.8) is 0 Å². The van der Waals surface area contributed by atoms with Crippen molar-refractivity contribution in [1.82, 2.24) is 14.8 Å². The minimum atomic E-state index is -0.182. The van der Waals surface area contributed by atoms with Crippen molar-refractivity contribution in [1.29, 1.82) is 0 Å². The van der Waals surface area contributed by atoms with Gasteiger partial charge in [-0.3, -0.25) is 4.79 Å². The number of aryl methyl sites for hydroxylation is 1. The molecule has 1 amide bonds. The van der Waals surface area contributed by atoms with Crippen LogP contribution in [0.3, 0.4) is 0 Å². The van der Waals surface area contributed by atoms with Gasteiger partial charge in [-0.05, 0) is 67.8 Å². The number of hydrogen-bond acceptors (Lipinski definition) is 5. The van der Waals surface area contributed by atoms with Crippen LogP contribution >= 0.6 is 0 Å². The van der Waals surface area contributed by atoms with Crippen molar-refractivity contribution in [2.45, 2.75) is 40.5 Å². The van der Waals surface area contributed by atoms with Crippen LogP contribution in [0.4, 0.5) is 5.69 Å². The maximum atomic E-state index is 12.7. The third kappa shape index (κ3) is 6.97. The molecule has 0 aliphatic heterocycles. The summed E-state index contributed by atoms with van der Waals surface area (Å²) in [6.45, 7) is 9.55. The summed E-state index contributed by atoms with van der Waals surface area (Å²) in [4.78, 5) is 17.4. The molecule has 0 aliphatic rings. The van der Waals surface area contributed by atoms with Gasteiger partial charge in [-0.1, -0.05) is 57.0 Å². The Bertz CT molecular complexity index is 1290. The molecule has 0 fully saturated rings. The fourth-order valence-corrected chi connectivity index (χ4v) is 3.59. The largest absolute Gasteiger partial charge is 0.494 e. The van der Waals surface area contributed by atoms with E-state index < -0.39 is 0 Å². The van der Waals surface area contributed by atoms with Crippen LogP contribution in [0.2, 0.25) is 0 Å². The van der Waals surface area contributed by atoms with Gasteiger partial charge in [0, 0.05) is 16.8 Å². The van der Waals surface area contributed by atoms with Crippen LogP contribution in [-0.4, -0.2) is 33.9 Å². The molecule has 0 spiro atoms. The molecule has 0 saturated carbocycles. The van der Waals surface area contributed by atoms with Gasteiger partial charge in [-0.2, -0.15) is 4.98 Å². The third-order valence-corrected chi connectivity index (χ3v) is 5.70. The highest BCUT2D eigenvalue weighted by Gasteiger charge is 2.16. The van der Waals surface area contributed by atoms with E-state index in [4.69, 9.17) is 9.47 Å². The summed E-state index contributed by atoms with van der Waals surface area (Å²) in [5, 5.41) is 7.56. The fraction of sp³-hybridized carbons (Fsp3) is 0.300. The van der Waals surface area contributed by atoms with Gasteiger partial charge in [0.2, 0.25) is 0 Å². The van der Waals surface area contributed by atoms with E-state index in [0.29, 0.717) is 42.2 Å². The number of aromatic nitrogens is 3. The zero-order valence-electron chi connectivity index (χ0n) is 21.9. The van der Waals surface area contributed by atoms with E-state index in [9.17, 15) is 4.79 Å². The second-order valence-corrected chi connectivity index (χ2v) is 9.43. The van der Waals surface area contributed by atoms with E-state index in [1.54, 1.807) is 16.8 Å². The molecule has 0 radical (unpaired) electrons. The number of anilines is 1. The van der Waals surface area contributed by atoms with Gasteiger partial charge in [0.25, 0.3) is 5.91 Å². The van der Waals surface area contributed by atoms with Gasteiger partial charge in [0.15, 0.2) is 5.82 Å². The van der Waals surface area contributed by atoms with Crippen LogP contribution in [0.25, 0.3) is 17.1 Å². The number of unbranched alkanes of at least 4 members (excludes halogenated alkanes) is 1. The number of benzene rings is 3. The Labute approximate surface area is 218 Å². The topological polar surface area (TPSA) is 78.3 Å². The lowest BCUT2D eigenvalue weighted by atomic mass is 10.1. The van der Waals surface area contributed by atoms with Gasteiger partial charge < -0.3 is 14.8 Å². The third-order valence-electron chi connectivity index (χ3n) is 5.70. The van der Waals surface area contributed by atoms with E-state index in [1.165, 1.54) is 5.56 Å². The minimum absolute atomic E-state index is 0.182. The predicted octanol–water partition coefficient (Wildman–Crippen LogP) is 6.71. The van der Waals surface area contributed by atoms with E-state index in [0.717, 1.165) is 29.8 Å². The SMILES string of the molecule is CCCCOc1ccc(C(=O)Nc2ccc(-n3nc(OCC(C)C)nc3-c3ccc(C)cc3)cc2)cc1. The quantitative estimate of drug-likeness (QED) is 0.233. The Morgan fingerprint density at radius 2 is 1.65 bits per heavy atom. The molecule has 4 aromatic rings. The number of ether oxygens (including phenoxy) is 2. The van der Waals surface area contributed by atoms with Crippen molar-refractivity contribution in [2.75, 3.05) is 18.5 Å². The number of amides is 1. The highest BCUT2D eigenvalue weighted by molar-refractivity contribution is 6.04. The number of nitrogens with zero attached hydrogens (tertiary/aromatic N) is 3. The van der Waals surface area contributed by atoms with Gasteiger partial charge >= 0.3 is 6.01 Å². The maximum Gasteiger partial charge on any atom is 0.336 e. The number of carbonyl (C=O) groups is 1. The fourth-order valence-electron chi connectivity index (χ4n) is 3.59. The Balaban J connectivity index is 1.50. The molecule has 0 aliphatic carbocycles. The number of carbonyl (C=O) groups excluding carboxylic acids is 1. The Hall–Kier alpha value is -4.13. The standard InChI is InChI=1S/C30H34N4O3/c1-5-6-19-36-27-17-11-24(12-18-27)29(35)31-25-13-15-26(16-14-25)34-28(23-9-7-22(4)8-10-23)32-30(33-34)37-20-21(2)3/h7-18,21H,5-6,19-20H2,1-4H3,(H,31,35). The van der Waals surface area contributed by atoms with Crippen LogP contribution in [0.1, 0.15) is 49.5 Å². The van der Waals surface area contributed by atoms with Crippen LogP contribution in [0.15, 0.2) is 72.8 Å². The Morgan fingerprint density at radius 1 is 0.946 bits per heavy atom. The molecule has 0 bridgehead atoms. The smallest absolute Gasteiger partial charge is 0.336 e. The number of rotatable bonds is 11. The van der Waals surface area contributed by atoms with Crippen LogP contribution < -0.4 is 14.8 Å². The van der Waals surface area contributed by atoms with Crippen molar-refractivity contribution in [2.24, 2.45) is 5.92 Å². The summed E-state index contributed by atoms with van der Waals surface area (Å²) in [6, 6.07) is 23.2. The minimum Gasteiger partial charge on any atom is -0.494 e. The first kappa shape index (κ1) is 25.9. The molecule has 0 saturated heterocycles. The summed E-state index contributed by atoms with van der Waals surface area (Å²) in [5.74, 6) is 1.64. The van der Waals surface area contributed by atoms with Crippen LogP contribution in [0.5, 0.6) is 11.8 Å². The van der Waals surface area contributed by atoms with Crippen molar-refractivity contribution >= 4 is 11.6 Å². The van der Waals surface area contributed by atoms with Crippen molar-refractivity contribution in [3.8, 4) is 28.8 Å². The van der Waals surface area contributed by atoms with Gasteiger partial charge in [0.1, 0.15) is 5.75 Å². The van der Waals surface area contributed by atoms with Gasteiger partial charge in [-0.15, -0.1) is 5.10 Å². The van der Waals surface area contributed by atoms with Gasteiger partial charge in [0.05, 0.1) is 18.9 Å². The lowest BCUT2D eigenvalue weighted by Crippen LogP contribution is -2.12. The number of hydrogen-bond donors (Lipinski definition) is 1. The molecular formula is C30H34N4O3. The average molecular weight is 499 g/mol. The Morgan fingerprint density at radius 3 is 2.30 bits per heavy atom. The molecule has 1 aromatic heterocycles. The highest BCUT2D eigenvalue weighted by Crippen LogP contribution is 2.25. The molecule has 1 N–H and O–H groups in total. The molecule has 3 aromatic carbocycles. The summed E-state index contributed by atoms with van der Waals surface area (Å²) in [5.41, 5.74) is 4.18. The monoisotopic (exact) mass is 498 g/mol. The van der Waals surface area contributed by atoms with Crippen molar-refractivity contribution in [3.05, 3.63) is 83.9 Å². The van der Waals surface area contributed by atoms with E-state index in [1.807, 2.05) is 60.7 Å². The lowest BCUT2D eigenvalue weighted by Gasteiger charge is -2.09. The molecule has 4 rings (SSSR count). The van der Waals surface area contributed by atoms with E-state index >= 15 is 0 Å². The number of nitrogens with one attached hydrogen (secondary N) is 1. The van der Waals surface area contributed by atoms with E-state index in [-0.39, 0.29) is 5.91 Å². The summed E-state index contributed by atoms with van der Waals surface area (Å²) in [7, 11) is 0. The molecular weight excluding hydrogens is 464 g/mol. The van der Waals surface area contributed by atoms with Crippen LogP contribution in [0, 0.1) is 12.8 Å². The molecule has 0 unspecified atom stereocenters. The summed E-state index contributed by atoms with van der Waals surface area (Å²) in [6.07, 6.45) is 2.09. The summed E-state index contributed by atoms with van der Waals surface area (Å²) >= 11 is 0.